The number of likely N-dealkylation sites (N-methyl/N-ethyl adjacent to an activating group) is 1. The molecule has 0 spiro atoms. The second kappa shape index (κ2) is 8.32. The molecule has 4 rings (SSSR count). The highest BCUT2D eigenvalue weighted by Crippen LogP contribution is 2.31. The smallest absolute Gasteiger partial charge is 0.254 e. The van der Waals surface area contributed by atoms with Crippen molar-refractivity contribution in [2.45, 2.75) is 39.5 Å². The van der Waals surface area contributed by atoms with Gasteiger partial charge in [-0.25, -0.2) is 0 Å². The molecule has 0 bridgehead atoms. The van der Waals surface area contributed by atoms with Crippen LogP contribution in [0.5, 0.6) is 0 Å². The number of rotatable bonds is 5. The van der Waals surface area contributed by atoms with Gasteiger partial charge in [0, 0.05) is 49.0 Å². The van der Waals surface area contributed by atoms with Crippen LogP contribution in [0.4, 0.5) is 0 Å². The summed E-state index contributed by atoms with van der Waals surface area (Å²) in [5.41, 5.74) is 4.18. The van der Waals surface area contributed by atoms with Crippen LogP contribution in [0, 0.1) is 13.8 Å². The van der Waals surface area contributed by atoms with Gasteiger partial charge in [-0.05, 0) is 25.8 Å². The van der Waals surface area contributed by atoms with Gasteiger partial charge < -0.3 is 18.9 Å². The van der Waals surface area contributed by atoms with Gasteiger partial charge in [-0.15, -0.1) is 11.3 Å². The molecule has 1 saturated heterocycles. The number of thiophene rings is 1. The van der Waals surface area contributed by atoms with Crippen LogP contribution in [0.1, 0.15) is 37.8 Å². The summed E-state index contributed by atoms with van der Waals surface area (Å²) in [6.45, 7) is 8.91. The van der Waals surface area contributed by atoms with Crippen molar-refractivity contribution in [2.24, 2.45) is 0 Å². The zero-order valence-corrected chi connectivity index (χ0v) is 17.5. The summed E-state index contributed by atoms with van der Waals surface area (Å²) < 4.78 is 16.4. The molecule has 1 atom stereocenters. The number of ether oxygens (including phenoxy) is 2. The van der Waals surface area contributed by atoms with Gasteiger partial charge in [0.05, 0.1) is 37.2 Å². The van der Waals surface area contributed by atoms with Crippen LogP contribution in [0.2, 0.25) is 0 Å². The van der Waals surface area contributed by atoms with Crippen molar-refractivity contribution in [3.63, 3.8) is 0 Å². The molecule has 1 unspecified atom stereocenters. The van der Waals surface area contributed by atoms with E-state index in [-0.39, 0.29) is 12.0 Å². The fraction of sp³-hybridized carbons (Fsp3) is 0.600. The Balaban J connectivity index is 1.41. The average Bonchev–Trinajstić information content (AvgIpc) is 3.26. The van der Waals surface area contributed by atoms with Crippen molar-refractivity contribution < 1.29 is 18.8 Å². The highest BCUT2D eigenvalue weighted by atomic mass is 32.1. The van der Waals surface area contributed by atoms with E-state index in [4.69, 9.17) is 14.0 Å². The molecule has 0 radical (unpaired) electrons. The van der Waals surface area contributed by atoms with Gasteiger partial charge in [-0.1, -0.05) is 5.16 Å². The fourth-order valence-electron chi connectivity index (χ4n) is 3.88. The lowest BCUT2D eigenvalue weighted by atomic mass is 10.0. The zero-order chi connectivity index (χ0) is 19.7. The number of nitrogens with zero attached hydrogens (tertiary/aromatic N) is 3. The zero-order valence-electron chi connectivity index (χ0n) is 16.7. The number of hydrogen-bond donors (Lipinski definition) is 0. The third-order valence-corrected chi connectivity index (χ3v) is 6.54. The van der Waals surface area contributed by atoms with Gasteiger partial charge in [-0.3, -0.25) is 9.69 Å². The van der Waals surface area contributed by atoms with E-state index < -0.39 is 0 Å². The summed E-state index contributed by atoms with van der Waals surface area (Å²) in [6, 6.07) is 0. The van der Waals surface area contributed by atoms with E-state index in [1.165, 1.54) is 16.0 Å². The predicted octanol–water partition coefficient (Wildman–Crippen LogP) is 2.40. The summed E-state index contributed by atoms with van der Waals surface area (Å²) in [7, 11) is 1.84. The number of amides is 1. The minimum absolute atomic E-state index is 0.0392. The summed E-state index contributed by atoms with van der Waals surface area (Å²) >= 11 is 1.68. The number of hydrogen-bond acceptors (Lipinski definition) is 7. The van der Waals surface area contributed by atoms with Crippen molar-refractivity contribution in [2.75, 3.05) is 40.0 Å². The van der Waals surface area contributed by atoms with Crippen molar-refractivity contribution >= 4 is 17.2 Å². The number of aryl methyl sites for hydroxylation is 2. The number of aromatic nitrogens is 1. The van der Waals surface area contributed by atoms with Crippen molar-refractivity contribution in [1.82, 2.24) is 15.0 Å². The minimum Gasteiger partial charge on any atom is -0.376 e. The van der Waals surface area contributed by atoms with Crippen LogP contribution in [0.15, 0.2) is 9.90 Å². The second-order valence-corrected chi connectivity index (χ2v) is 8.53. The largest absolute Gasteiger partial charge is 0.376 e. The maximum absolute atomic E-state index is 13.0. The molecule has 1 amide bonds. The average molecular weight is 406 g/mol. The molecule has 7 nitrogen and oxygen atoms in total. The van der Waals surface area contributed by atoms with Gasteiger partial charge in [-0.2, -0.15) is 0 Å². The molecular weight excluding hydrogens is 378 g/mol. The summed E-state index contributed by atoms with van der Waals surface area (Å²) in [5.74, 6) is 0.965. The Bertz CT molecular complexity index is 821. The van der Waals surface area contributed by atoms with Gasteiger partial charge in [0.25, 0.3) is 5.91 Å². The van der Waals surface area contributed by atoms with E-state index >= 15 is 0 Å². The Morgan fingerprint density at radius 3 is 2.96 bits per heavy atom. The van der Waals surface area contributed by atoms with E-state index in [2.05, 4.69) is 10.1 Å². The molecule has 8 heteroatoms. The molecule has 28 heavy (non-hydrogen) atoms. The Kier molecular flexibility index (Phi) is 5.82. The van der Waals surface area contributed by atoms with Crippen LogP contribution in [0.3, 0.4) is 0 Å². The number of carbonyl (C=O) groups is 1. The predicted molar refractivity (Wildman–Crippen MR) is 106 cm³/mol. The highest BCUT2D eigenvalue weighted by molar-refractivity contribution is 7.10. The van der Waals surface area contributed by atoms with Gasteiger partial charge >= 0.3 is 0 Å². The van der Waals surface area contributed by atoms with Gasteiger partial charge in [0.1, 0.15) is 5.76 Å². The molecule has 2 aliphatic rings. The number of fused-ring (bicyclic) bond motifs is 1. The molecule has 0 N–H and O–H groups in total. The minimum atomic E-state index is -0.0392. The normalized spacial score (nSPS) is 20.2. The first-order chi connectivity index (χ1) is 13.5. The van der Waals surface area contributed by atoms with E-state index in [1.54, 1.807) is 16.2 Å². The summed E-state index contributed by atoms with van der Waals surface area (Å²) in [4.78, 5) is 18.4. The SMILES string of the molecule is Cc1noc(C)c1CN1CCc2c(C(=O)N(C)CC3COCCO3)csc2C1. The molecule has 1 fully saturated rings. The standard InChI is InChI=1S/C20H27N3O4S/c1-13-17(14(2)27-21-13)9-23-5-4-16-18(12-28-19(16)10-23)20(24)22(3)8-15-11-25-6-7-26-15/h12,15H,4-11H2,1-3H3. The first-order valence-electron chi connectivity index (χ1n) is 9.71. The van der Waals surface area contributed by atoms with Crippen molar-refractivity contribution in [3.8, 4) is 0 Å². The lowest BCUT2D eigenvalue weighted by Crippen LogP contribution is -2.41. The Labute approximate surface area is 169 Å². The van der Waals surface area contributed by atoms with Crippen molar-refractivity contribution in [1.29, 1.82) is 0 Å². The quantitative estimate of drug-likeness (QED) is 0.761. The lowest BCUT2D eigenvalue weighted by Gasteiger charge is -2.29. The topological polar surface area (TPSA) is 68.0 Å². The van der Waals surface area contributed by atoms with Crippen molar-refractivity contribution in [3.05, 3.63) is 38.4 Å². The molecule has 0 saturated carbocycles. The Morgan fingerprint density at radius 1 is 1.39 bits per heavy atom. The number of carbonyl (C=O) groups excluding carboxylic acids is 1. The third-order valence-electron chi connectivity index (χ3n) is 5.53. The van der Waals surface area contributed by atoms with Gasteiger partial charge in [0.15, 0.2) is 0 Å². The van der Waals surface area contributed by atoms with Crippen LogP contribution >= 0.6 is 11.3 Å². The van der Waals surface area contributed by atoms with E-state index in [0.717, 1.165) is 43.1 Å². The summed E-state index contributed by atoms with van der Waals surface area (Å²) in [6.07, 6.45) is 0.850. The Hall–Kier alpha value is -1.74. The van der Waals surface area contributed by atoms with Crippen LogP contribution in [-0.2, 0) is 29.0 Å². The maximum Gasteiger partial charge on any atom is 0.254 e. The highest BCUT2D eigenvalue weighted by Gasteiger charge is 2.27. The molecular formula is C20H27N3O4S. The third kappa shape index (κ3) is 4.00. The molecule has 2 aromatic heterocycles. The van der Waals surface area contributed by atoms with Crippen LogP contribution in [-0.4, -0.2) is 66.9 Å². The van der Waals surface area contributed by atoms with E-state index in [1.807, 2.05) is 26.3 Å². The molecule has 2 aliphatic heterocycles. The molecule has 0 aliphatic carbocycles. The monoisotopic (exact) mass is 405 g/mol. The molecule has 4 heterocycles. The van der Waals surface area contributed by atoms with E-state index in [0.29, 0.717) is 26.4 Å². The maximum atomic E-state index is 13.0. The Morgan fingerprint density at radius 2 is 2.25 bits per heavy atom. The first-order valence-corrected chi connectivity index (χ1v) is 10.6. The van der Waals surface area contributed by atoms with Crippen LogP contribution < -0.4 is 0 Å². The lowest BCUT2D eigenvalue weighted by molar-refractivity contribution is -0.0933. The molecule has 152 valence electrons. The van der Waals surface area contributed by atoms with Gasteiger partial charge in [0.2, 0.25) is 0 Å². The fourth-order valence-corrected chi connectivity index (χ4v) is 5.00. The summed E-state index contributed by atoms with van der Waals surface area (Å²) in [5, 5.41) is 6.07. The molecule has 2 aromatic rings. The second-order valence-electron chi connectivity index (χ2n) is 7.57. The van der Waals surface area contributed by atoms with Crippen LogP contribution in [0.25, 0.3) is 0 Å². The first kappa shape index (κ1) is 19.6. The molecule has 0 aromatic carbocycles. The van der Waals surface area contributed by atoms with E-state index in [9.17, 15) is 4.79 Å².